The molecule has 0 amide bonds. The number of aromatic carboxylic acids is 1. The predicted octanol–water partition coefficient (Wildman–Crippen LogP) is 0.598. The van der Waals surface area contributed by atoms with E-state index in [0.29, 0.717) is 11.3 Å². The number of benzene rings is 1. The third kappa shape index (κ3) is 2.47. The van der Waals surface area contributed by atoms with Crippen molar-refractivity contribution in [2.24, 2.45) is 0 Å². The summed E-state index contributed by atoms with van der Waals surface area (Å²) >= 11 is 4.10. The van der Waals surface area contributed by atoms with Gasteiger partial charge in [0, 0.05) is 11.3 Å². The van der Waals surface area contributed by atoms with E-state index in [2.05, 4.69) is 18.4 Å². The van der Waals surface area contributed by atoms with Gasteiger partial charge < -0.3 is 10.8 Å². The Kier molecular flexibility index (Phi) is 3.33. The van der Waals surface area contributed by atoms with Gasteiger partial charge in [-0.05, 0) is 12.1 Å². The van der Waals surface area contributed by atoms with Crippen molar-refractivity contribution in [3.63, 3.8) is 0 Å². The fourth-order valence-corrected chi connectivity index (χ4v) is 1.24. The number of thiol groups is 1. The summed E-state index contributed by atoms with van der Waals surface area (Å²) in [4.78, 5) is 10.6. The summed E-state index contributed by atoms with van der Waals surface area (Å²) in [6.45, 7) is 0. The summed E-state index contributed by atoms with van der Waals surface area (Å²) in [6, 6.07) is 6.83. The topological polar surface area (TPSA) is 64.9 Å². The van der Waals surface area contributed by atoms with Gasteiger partial charge in [-0.15, -0.1) is 0 Å². The van der Waals surface area contributed by atoms with Gasteiger partial charge in [0.05, 0.1) is 5.56 Å². The highest BCUT2D eigenvalue weighted by molar-refractivity contribution is 7.80. The maximum Gasteiger partial charge on any atom is 0.335 e. The number of hydrogen-bond acceptors (Lipinski definition) is 2. The maximum absolute atomic E-state index is 10.6. The zero-order valence-electron chi connectivity index (χ0n) is 7.10. The van der Waals surface area contributed by atoms with Gasteiger partial charge in [0.15, 0.2) is 0 Å². The SMILES string of the molecule is [NH3+]C(CS)c1cccc(C(=O)O)c1. The van der Waals surface area contributed by atoms with Crippen molar-refractivity contribution in [3.05, 3.63) is 35.4 Å². The van der Waals surface area contributed by atoms with Gasteiger partial charge in [-0.1, -0.05) is 12.1 Å². The molecule has 0 saturated heterocycles. The Morgan fingerprint density at radius 3 is 2.85 bits per heavy atom. The van der Waals surface area contributed by atoms with E-state index >= 15 is 0 Å². The molecular weight excluding hydrogens is 186 g/mol. The maximum atomic E-state index is 10.6. The van der Waals surface area contributed by atoms with E-state index in [4.69, 9.17) is 5.11 Å². The molecule has 1 rings (SSSR count). The molecule has 0 bridgehead atoms. The second-order valence-corrected chi connectivity index (χ2v) is 3.18. The Labute approximate surface area is 82.0 Å². The largest absolute Gasteiger partial charge is 0.478 e. The minimum absolute atomic E-state index is 0.0441. The van der Waals surface area contributed by atoms with Gasteiger partial charge in [-0.25, -0.2) is 4.79 Å². The molecule has 0 aliphatic rings. The normalized spacial score (nSPS) is 12.5. The molecule has 4 heteroatoms. The second-order valence-electron chi connectivity index (χ2n) is 2.81. The van der Waals surface area contributed by atoms with Crippen molar-refractivity contribution >= 4 is 18.6 Å². The number of hydrogen-bond donors (Lipinski definition) is 3. The first kappa shape index (κ1) is 10.1. The Balaban J connectivity index is 2.98. The highest BCUT2D eigenvalue weighted by atomic mass is 32.1. The number of rotatable bonds is 3. The first-order valence-electron chi connectivity index (χ1n) is 3.92. The van der Waals surface area contributed by atoms with Crippen LogP contribution in [0.15, 0.2) is 24.3 Å². The summed E-state index contributed by atoms with van der Waals surface area (Å²) in [5, 5.41) is 8.72. The lowest BCUT2D eigenvalue weighted by Crippen LogP contribution is -2.54. The van der Waals surface area contributed by atoms with Crippen LogP contribution in [-0.2, 0) is 0 Å². The van der Waals surface area contributed by atoms with Crippen LogP contribution < -0.4 is 5.73 Å². The third-order valence-electron chi connectivity index (χ3n) is 1.83. The van der Waals surface area contributed by atoms with Gasteiger partial charge in [-0.3, -0.25) is 0 Å². The van der Waals surface area contributed by atoms with E-state index in [9.17, 15) is 4.79 Å². The third-order valence-corrected chi connectivity index (χ3v) is 2.27. The van der Waals surface area contributed by atoms with E-state index < -0.39 is 5.97 Å². The second kappa shape index (κ2) is 4.30. The van der Waals surface area contributed by atoms with Crippen molar-refractivity contribution in [1.29, 1.82) is 0 Å². The van der Waals surface area contributed by atoms with Gasteiger partial charge in [0.2, 0.25) is 0 Å². The van der Waals surface area contributed by atoms with Crippen LogP contribution in [0.1, 0.15) is 22.0 Å². The molecule has 4 N–H and O–H groups in total. The zero-order chi connectivity index (χ0) is 9.84. The number of carbonyl (C=O) groups is 1. The summed E-state index contributed by atoms with van der Waals surface area (Å²) in [6.07, 6.45) is 0. The molecule has 0 saturated carbocycles. The van der Waals surface area contributed by atoms with E-state index in [0.717, 1.165) is 5.56 Å². The molecule has 0 radical (unpaired) electrons. The predicted molar refractivity (Wildman–Crippen MR) is 52.9 cm³/mol. The number of carboxylic acids is 1. The van der Waals surface area contributed by atoms with E-state index in [-0.39, 0.29) is 6.04 Å². The summed E-state index contributed by atoms with van der Waals surface area (Å²) in [5.41, 5.74) is 5.07. The summed E-state index contributed by atoms with van der Waals surface area (Å²) in [5.74, 6) is -0.295. The molecule has 1 unspecified atom stereocenters. The Morgan fingerprint density at radius 2 is 2.31 bits per heavy atom. The van der Waals surface area contributed by atoms with E-state index in [1.165, 1.54) is 0 Å². The fraction of sp³-hybridized carbons (Fsp3) is 0.222. The van der Waals surface area contributed by atoms with Gasteiger partial charge >= 0.3 is 5.97 Å². The molecule has 0 heterocycles. The van der Waals surface area contributed by atoms with Gasteiger partial charge in [0.1, 0.15) is 6.04 Å². The van der Waals surface area contributed by atoms with Crippen molar-refractivity contribution in [2.75, 3.05) is 5.75 Å². The van der Waals surface area contributed by atoms with Crippen molar-refractivity contribution < 1.29 is 15.6 Å². The highest BCUT2D eigenvalue weighted by Crippen LogP contribution is 2.11. The molecular formula is C9H12NO2S+. The molecule has 1 aromatic carbocycles. The lowest BCUT2D eigenvalue weighted by Gasteiger charge is -2.05. The Hall–Kier alpha value is -1.00. The van der Waals surface area contributed by atoms with Gasteiger partial charge in [0.25, 0.3) is 0 Å². The average Bonchev–Trinajstić information content (AvgIpc) is 2.17. The quantitative estimate of drug-likeness (QED) is 0.623. The van der Waals surface area contributed by atoms with Gasteiger partial charge in [-0.2, -0.15) is 12.6 Å². The van der Waals surface area contributed by atoms with Crippen molar-refractivity contribution in [1.82, 2.24) is 0 Å². The molecule has 0 aliphatic carbocycles. The minimum Gasteiger partial charge on any atom is -0.478 e. The molecule has 1 atom stereocenters. The smallest absolute Gasteiger partial charge is 0.335 e. The molecule has 0 fully saturated rings. The van der Waals surface area contributed by atoms with Crippen molar-refractivity contribution in [3.8, 4) is 0 Å². The Bertz CT molecular complexity index is 314. The fourth-order valence-electron chi connectivity index (χ4n) is 1.03. The zero-order valence-corrected chi connectivity index (χ0v) is 8.00. The molecule has 70 valence electrons. The molecule has 0 spiro atoms. The summed E-state index contributed by atoms with van der Waals surface area (Å²) in [7, 11) is 0. The van der Waals surface area contributed by atoms with Crippen LogP contribution in [0, 0.1) is 0 Å². The Morgan fingerprint density at radius 1 is 1.62 bits per heavy atom. The molecule has 0 aliphatic heterocycles. The summed E-state index contributed by atoms with van der Waals surface area (Å²) < 4.78 is 0. The lowest BCUT2D eigenvalue weighted by atomic mass is 10.1. The lowest BCUT2D eigenvalue weighted by molar-refractivity contribution is -0.418. The molecule has 13 heavy (non-hydrogen) atoms. The van der Waals surface area contributed by atoms with E-state index in [1.54, 1.807) is 18.2 Å². The van der Waals surface area contributed by atoms with E-state index in [1.807, 2.05) is 6.07 Å². The molecule has 0 aromatic heterocycles. The van der Waals surface area contributed by atoms with Crippen LogP contribution in [0.2, 0.25) is 0 Å². The van der Waals surface area contributed by atoms with Crippen LogP contribution >= 0.6 is 12.6 Å². The first-order valence-corrected chi connectivity index (χ1v) is 4.55. The van der Waals surface area contributed by atoms with Crippen molar-refractivity contribution in [2.45, 2.75) is 6.04 Å². The average molecular weight is 198 g/mol. The number of quaternary nitrogens is 1. The minimum atomic E-state index is -0.909. The number of carboxylic acid groups (broad SMARTS) is 1. The van der Waals surface area contributed by atoms with Crippen LogP contribution in [0.3, 0.4) is 0 Å². The monoisotopic (exact) mass is 198 g/mol. The van der Waals surface area contributed by atoms with Crippen LogP contribution in [0.5, 0.6) is 0 Å². The van der Waals surface area contributed by atoms with Crippen LogP contribution in [0.4, 0.5) is 0 Å². The standard InChI is InChI=1S/C9H11NO2S/c10-8(5-13)6-2-1-3-7(4-6)9(11)12/h1-4,8,13H,5,10H2,(H,11,12)/p+1. The molecule has 1 aromatic rings. The molecule has 3 nitrogen and oxygen atoms in total. The highest BCUT2D eigenvalue weighted by Gasteiger charge is 2.09. The first-order chi connectivity index (χ1) is 6.15. The van der Waals surface area contributed by atoms with Crippen LogP contribution in [-0.4, -0.2) is 16.8 Å². The van der Waals surface area contributed by atoms with Crippen LogP contribution in [0.25, 0.3) is 0 Å².